The minimum atomic E-state index is -0.942. The van der Waals surface area contributed by atoms with Crippen LogP contribution >= 0.6 is 11.6 Å². The highest BCUT2D eigenvalue weighted by Gasteiger charge is 2.26. The van der Waals surface area contributed by atoms with E-state index in [0.717, 1.165) is 10.2 Å². The fourth-order valence-electron chi connectivity index (χ4n) is 3.49. The van der Waals surface area contributed by atoms with Gasteiger partial charge in [-0.1, -0.05) is 41.9 Å². The van der Waals surface area contributed by atoms with Gasteiger partial charge >= 0.3 is 5.97 Å². The van der Waals surface area contributed by atoms with Crippen molar-refractivity contribution in [3.63, 3.8) is 0 Å². The summed E-state index contributed by atoms with van der Waals surface area (Å²) in [5.74, 6) is -0.696. The number of carbonyl (C=O) groups excluding carboxylic acids is 2. The highest BCUT2D eigenvalue weighted by Crippen LogP contribution is 2.32. The number of aryl methyl sites for hydroxylation is 1. The van der Waals surface area contributed by atoms with E-state index >= 15 is 0 Å². The van der Waals surface area contributed by atoms with Crippen LogP contribution in [0.4, 0.5) is 0 Å². The smallest absolute Gasteiger partial charge is 0.330 e. The summed E-state index contributed by atoms with van der Waals surface area (Å²) in [6, 6.07) is 14.7. The molecule has 0 saturated carbocycles. The molecule has 0 amide bonds. The molecule has 1 heterocycles. The van der Waals surface area contributed by atoms with Crippen LogP contribution in [0, 0.1) is 0 Å². The van der Waals surface area contributed by atoms with Gasteiger partial charge in [0.2, 0.25) is 5.88 Å². The fourth-order valence-corrected chi connectivity index (χ4v) is 3.66. The highest BCUT2D eigenvalue weighted by molar-refractivity contribution is 6.31. The second-order valence-electron chi connectivity index (χ2n) is 7.16. The van der Waals surface area contributed by atoms with Crippen LogP contribution in [0.2, 0.25) is 5.02 Å². The van der Waals surface area contributed by atoms with Crippen molar-refractivity contribution < 1.29 is 19.1 Å². The third-order valence-electron chi connectivity index (χ3n) is 5.08. The molecule has 0 aliphatic carbocycles. The van der Waals surface area contributed by atoms with E-state index in [4.69, 9.17) is 21.1 Å². The number of benzene rings is 2. The number of esters is 1. The highest BCUT2D eigenvalue weighted by atomic mass is 35.5. The molecule has 0 saturated heterocycles. The number of ketones is 1. The van der Waals surface area contributed by atoms with Crippen molar-refractivity contribution in [1.29, 1.82) is 0 Å². The normalized spacial score (nSPS) is 11.6. The van der Waals surface area contributed by atoms with Crippen LogP contribution in [0.1, 0.15) is 35.3 Å². The van der Waals surface area contributed by atoms with Crippen LogP contribution in [0.25, 0.3) is 11.1 Å². The fraction of sp³-hybridized carbons (Fsp3) is 0.250. The molecule has 8 heteroatoms. The van der Waals surface area contributed by atoms with E-state index < -0.39 is 17.6 Å². The Morgan fingerprint density at radius 3 is 2.41 bits per heavy atom. The van der Waals surface area contributed by atoms with Crippen molar-refractivity contribution in [1.82, 2.24) is 9.78 Å². The van der Waals surface area contributed by atoms with Crippen molar-refractivity contribution in [2.45, 2.75) is 25.8 Å². The third-order valence-corrected chi connectivity index (χ3v) is 5.32. The maximum Gasteiger partial charge on any atom is 0.330 e. The maximum atomic E-state index is 13.0. The Morgan fingerprint density at radius 1 is 1.06 bits per heavy atom. The number of methoxy groups -OCH3 is 2. The zero-order valence-electron chi connectivity index (χ0n) is 18.0. The second kappa shape index (κ2) is 10.2. The molecule has 32 heavy (non-hydrogen) atoms. The number of nitrogens with zero attached hydrogens (tertiary/aromatic N) is 2. The van der Waals surface area contributed by atoms with Crippen LogP contribution in [0.15, 0.2) is 59.4 Å². The van der Waals surface area contributed by atoms with E-state index in [-0.39, 0.29) is 11.7 Å². The summed E-state index contributed by atoms with van der Waals surface area (Å²) in [7, 11) is 2.66. The Kier molecular flexibility index (Phi) is 7.43. The van der Waals surface area contributed by atoms with Crippen molar-refractivity contribution in [2.75, 3.05) is 14.2 Å². The lowest BCUT2D eigenvalue weighted by Gasteiger charge is -2.19. The molecule has 0 N–H and O–H groups in total. The van der Waals surface area contributed by atoms with Gasteiger partial charge in [-0.05, 0) is 49.1 Å². The number of rotatable bonds is 8. The first-order valence-corrected chi connectivity index (χ1v) is 10.3. The maximum absolute atomic E-state index is 13.0. The van der Waals surface area contributed by atoms with Crippen molar-refractivity contribution in [2.24, 2.45) is 0 Å². The first-order valence-electron chi connectivity index (χ1n) is 9.96. The molecule has 1 atom stereocenters. The third kappa shape index (κ3) is 5.06. The lowest BCUT2D eigenvalue weighted by molar-refractivity contribution is -0.145. The first kappa shape index (κ1) is 23.2. The van der Waals surface area contributed by atoms with E-state index in [1.807, 2.05) is 30.3 Å². The monoisotopic (exact) mass is 454 g/mol. The lowest BCUT2D eigenvalue weighted by atomic mass is 9.98. The number of aromatic nitrogens is 2. The SMILES string of the molecule is COC(=O)C(CCc1ccccc1)n1nc(OC)c(-c2cc(Cl)ccc2C(C)=O)cc1=O. The van der Waals surface area contributed by atoms with E-state index in [2.05, 4.69) is 5.10 Å². The molecule has 1 aromatic heterocycles. The Labute approximate surface area is 190 Å². The number of hydrogen-bond donors (Lipinski definition) is 0. The first-order chi connectivity index (χ1) is 15.3. The molecular formula is C24H23ClN2O5. The zero-order valence-corrected chi connectivity index (χ0v) is 18.8. The summed E-state index contributed by atoms with van der Waals surface area (Å²) >= 11 is 6.13. The van der Waals surface area contributed by atoms with Gasteiger partial charge in [0.05, 0.1) is 19.8 Å². The Hall–Kier alpha value is -3.45. The molecule has 7 nitrogen and oxygen atoms in total. The minimum Gasteiger partial charge on any atom is -0.480 e. The predicted molar refractivity (Wildman–Crippen MR) is 121 cm³/mol. The van der Waals surface area contributed by atoms with Crippen molar-refractivity contribution >= 4 is 23.4 Å². The van der Waals surface area contributed by atoms with Gasteiger partial charge < -0.3 is 9.47 Å². The van der Waals surface area contributed by atoms with Gasteiger partial charge in [0.15, 0.2) is 11.8 Å². The molecule has 0 spiro atoms. The molecule has 1 unspecified atom stereocenters. The largest absolute Gasteiger partial charge is 0.480 e. The summed E-state index contributed by atoms with van der Waals surface area (Å²) in [5, 5.41) is 4.70. The van der Waals surface area contributed by atoms with Crippen LogP contribution in [0.3, 0.4) is 0 Å². The molecule has 0 bridgehead atoms. The van der Waals surface area contributed by atoms with Crippen LogP contribution in [0.5, 0.6) is 5.88 Å². The molecule has 0 radical (unpaired) electrons. The molecule has 0 aliphatic heterocycles. The van der Waals surface area contributed by atoms with Crippen molar-refractivity contribution in [3.8, 4) is 17.0 Å². The molecule has 3 aromatic rings. The van der Waals surface area contributed by atoms with Crippen molar-refractivity contribution in [3.05, 3.63) is 81.1 Å². The van der Waals surface area contributed by atoms with Gasteiger partial charge in [-0.15, -0.1) is 5.10 Å². The van der Waals surface area contributed by atoms with Crippen LogP contribution in [-0.4, -0.2) is 35.8 Å². The molecule has 0 aliphatic rings. The average molecular weight is 455 g/mol. The molecule has 166 valence electrons. The number of halogens is 1. The quantitative estimate of drug-likeness (QED) is 0.376. The van der Waals surface area contributed by atoms with Gasteiger partial charge in [0.1, 0.15) is 0 Å². The Balaban J connectivity index is 2.08. The summed E-state index contributed by atoms with van der Waals surface area (Å²) < 4.78 is 11.4. The Morgan fingerprint density at radius 2 is 1.78 bits per heavy atom. The standard InChI is InChI=1S/C24H23ClN2O5/c1-15(28)18-11-10-17(25)13-19(18)20-14-22(29)27(26-23(20)31-2)21(24(30)32-3)12-9-16-7-5-4-6-8-16/h4-8,10-11,13-14,21H,9,12H2,1-3H3. The topological polar surface area (TPSA) is 87.5 Å². The molecule has 2 aromatic carbocycles. The number of carbonyl (C=O) groups is 2. The summed E-state index contributed by atoms with van der Waals surface area (Å²) in [6.07, 6.45) is 0.851. The van der Waals surface area contributed by atoms with Gasteiger partial charge in [-0.25, -0.2) is 9.48 Å². The average Bonchev–Trinajstić information content (AvgIpc) is 2.79. The van der Waals surface area contributed by atoms with E-state index in [1.165, 1.54) is 27.2 Å². The predicted octanol–water partition coefficient (Wildman–Crippen LogP) is 4.12. The summed E-state index contributed by atoms with van der Waals surface area (Å²) in [4.78, 5) is 37.7. The molecular weight excluding hydrogens is 432 g/mol. The van der Waals surface area contributed by atoms with Gasteiger partial charge in [0.25, 0.3) is 5.56 Å². The van der Waals surface area contributed by atoms with Gasteiger partial charge in [-0.2, -0.15) is 0 Å². The van der Waals surface area contributed by atoms with Crippen LogP contribution < -0.4 is 10.3 Å². The Bertz CT molecular complexity index is 1190. The van der Waals surface area contributed by atoms with Gasteiger partial charge in [-0.3, -0.25) is 9.59 Å². The van der Waals surface area contributed by atoms with E-state index in [1.54, 1.807) is 18.2 Å². The second-order valence-corrected chi connectivity index (χ2v) is 7.60. The molecule has 0 fully saturated rings. The number of ether oxygens (including phenoxy) is 2. The summed E-state index contributed by atoms with van der Waals surface area (Å²) in [5.41, 5.74) is 1.60. The van der Waals surface area contributed by atoms with E-state index in [0.29, 0.717) is 34.6 Å². The van der Waals surface area contributed by atoms with Gasteiger partial charge in [0, 0.05) is 16.7 Å². The van der Waals surface area contributed by atoms with E-state index in [9.17, 15) is 14.4 Å². The summed E-state index contributed by atoms with van der Waals surface area (Å²) in [6.45, 7) is 1.42. The number of hydrogen-bond acceptors (Lipinski definition) is 6. The molecule has 3 rings (SSSR count). The lowest BCUT2D eigenvalue weighted by Crippen LogP contribution is -2.33. The van der Waals surface area contributed by atoms with Crippen LogP contribution in [-0.2, 0) is 16.0 Å². The minimum absolute atomic E-state index is 0.0861. The zero-order chi connectivity index (χ0) is 23.3. The number of Topliss-reactive ketones (excluding diaryl/α,β-unsaturated/α-hetero) is 1.